The monoisotopic (exact) mass is 290 g/mol. The zero-order chi connectivity index (χ0) is 15.5. The van der Waals surface area contributed by atoms with Gasteiger partial charge in [0.15, 0.2) is 0 Å². The summed E-state index contributed by atoms with van der Waals surface area (Å²) in [5.74, 6) is 0.522. The lowest BCUT2D eigenvalue weighted by Crippen LogP contribution is -2.66. The molecule has 0 unspecified atom stereocenters. The Morgan fingerprint density at radius 1 is 1.24 bits per heavy atom. The minimum absolute atomic E-state index is 0.0517. The van der Waals surface area contributed by atoms with E-state index in [0.29, 0.717) is 30.9 Å². The zero-order valence-corrected chi connectivity index (χ0v) is 12.8. The topological polar surface area (TPSA) is 58.6 Å². The molecule has 21 heavy (non-hydrogen) atoms. The summed E-state index contributed by atoms with van der Waals surface area (Å²) in [5.41, 5.74) is -0.0937. The summed E-state index contributed by atoms with van der Waals surface area (Å²) >= 11 is 0. The van der Waals surface area contributed by atoms with Crippen molar-refractivity contribution in [3.8, 4) is 5.75 Å². The minimum atomic E-state index is -0.795. The van der Waals surface area contributed by atoms with Crippen LogP contribution >= 0.6 is 0 Å². The Morgan fingerprint density at radius 2 is 1.95 bits per heavy atom. The van der Waals surface area contributed by atoms with Gasteiger partial charge in [0.05, 0.1) is 6.61 Å². The summed E-state index contributed by atoms with van der Waals surface area (Å²) in [6, 6.07) is 7.30. The van der Waals surface area contributed by atoms with Crippen molar-refractivity contribution in [3.63, 3.8) is 0 Å². The lowest BCUT2D eigenvalue weighted by molar-refractivity contribution is -0.136. The van der Waals surface area contributed by atoms with E-state index < -0.39 is 5.54 Å². The van der Waals surface area contributed by atoms with Crippen molar-refractivity contribution in [2.24, 2.45) is 0 Å². The average Bonchev–Trinajstić information content (AvgIpc) is 2.50. The van der Waals surface area contributed by atoms with Gasteiger partial charge in [0.1, 0.15) is 17.8 Å². The molecule has 5 heteroatoms. The maximum absolute atomic E-state index is 12.8. The molecular weight excluding hydrogens is 268 g/mol. The number of rotatable bonds is 5. The van der Waals surface area contributed by atoms with Gasteiger partial charge in [-0.2, -0.15) is 0 Å². The van der Waals surface area contributed by atoms with Gasteiger partial charge >= 0.3 is 0 Å². The van der Waals surface area contributed by atoms with Crippen molar-refractivity contribution in [1.82, 2.24) is 5.32 Å². The van der Waals surface area contributed by atoms with Gasteiger partial charge in [-0.1, -0.05) is 19.9 Å². The molecule has 1 fully saturated rings. The van der Waals surface area contributed by atoms with Crippen molar-refractivity contribution >= 4 is 17.5 Å². The molecule has 1 N–H and O–H groups in total. The van der Waals surface area contributed by atoms with Gasteiger partial charge in [0.2, 0.25) is 5.91 Å². The Bertz CT molecular complexity index is 538. The Hall–Kier alpha value is -2.04. The summed E-state index contributed by atoms with van der Waals surface area (Å²) in [5, 5.41) is 2.86. The molecule has 0 aromatic heterocycles. The molecule has 0 aliphatic carbocycles. The fourth-order valence-corrected chi connectivity index (χ4v) is 2.68. The van der Waals surface area contributed by atoms with Crippen LogP contribution < -0.4 is 15.0 Å². The third-order valence-electron chi connectivity index (χ3n) is 3.98. The lowest BCUT2D eigenvalue weighted by atomic mass is 9.88. The Morgan fingerprint density at radius 3 is 2.57 bits per heavy atom. The standard InChI is InChI=1S/C16H22N2O3/c1-4-16(5-2)15(20)18(11-14(19)17-16)12-8-7-9-13(10-12)21-6-3/h7-10H,4-6,11H2,1-3H3,(H,17,19). The number of amides is 2. The van der Waals surface area contributed by atoms with Crippen molar-refractivity contribution in [2.75, 3.05) is 18.1 Å². The normalized spacial score (nSPS) is 17.6. The minimum Gasteiger partial charge on any atom is -0.494 e. The third-order valence-corrected chi connectivity index (χ3v) is 3.98. The number of benzene rings is 1. The number of piperazine rings is 1. The molecule has 0 radical (unpaired) electrons. The number of ether oxygens (including phenoxy) is 1. The smallest absolute Gasteiger partial charge is 0.253 e. The predicted octanol–water partition coefficient (Wildman–Crippen LogP) is 2.11. The molecule has 0 saturated carbocycles. The molecule has 5 nitrogen and oxygen atoms in total. The summed E-state index contributed by atoms with van der Waals surface area (Å²) in [6.07, 6.45) is 1.16. The van der Waals surface area contributed by atoms with Crippen LogP contribution in [0.2, 0.25) is 0 Å². The summed E-state index contributed by atoms with van der Waals surface area (Å²) in [6.45, 7) is 6.36. The number of nitrogens with one attached hydrogen (secondary N) is 1. The fourth-order valence-electron chi connectivity index (χ4n) is 2.68. The summed E-state index contributed by atoms with van der Waals surface area (Å²) < 4.78 is 5.47. The van der Waals surface area contributed by atoms with E-state index in [2.05, 4.69) is 5.32 Å². The van der Waals surface area contributed by atoms with E-state index in [9.17, 15) is 9.59 Å². The van der Waals surface area contributed by atoms with Crippen LogP contribution in [0.25, 0.3) is 0 Å². The van der Waals surface area contributed by atoms with Crippen molar-refractivity contribution < 1.29 is 14.3 Å². The molecule has 1 aliphatic rings. The van der Waals surface area contributed by atoms with E-state index in [1.54, 1.807) is 11.0 Å². The molecule has 0 spiro atoms. The molecule has 2 amide bonds. The molecular formula is C16H22N2O3. The van der Waals surface area contributed by atoms with Crippen LogP contribution in [0.4, 0.5) is 5.69 Å². The van der Waals surface area contributed by atoms with Gasteiger partial charge in [0, 0.05) is 11.8 Å². The van der Waals surface area contributed by atoms with Gasteiger partial charge in [0.25, 0.3) is 5.91 Å². The molecule has 1 aromatic rings. The second-order valence-electron chi connectivity index (χ2n) is 5.16. The van der Waals surface area contributed by atoms with E-state index in [1.165, 1.54) is 0 Å². The van der Waals surface area contributed by atoms with E-state index >= 15 is 0 Å². The predicted molar refractivity (Wildman–Crippen MR) is 81.4 cm³/mol. The molecule has 2 rings (SSSR count). The molecule has 0 atom stereocenters. The number of hydrogen-bond acceptors (Lipinski definition) is 3. The molecule has 1 aliphatic heterocycles. The quantitative estimate of drug-likeness (QED) is 0.903. The van der Waals surface area contributed by atoms with E-state index in [4.69, 9.17) is 4.74 Å². The number of carbonyl (C=O) groups is 2. The lowest BCUT2D eigenvalue weighted by Gasteiger charge is -2.41. The van der Waals surface area contributed by atoms with E-state index in [-0.39, 0.29) is 18.4 Å². The maximum Gasteiger partial charge on any atom is 0.253 e. The van der Waals surface area contributed by atoms with Crippen molar-refractivity contribution in [3.05, 3.63) is 24.3 Å². The van der Waals surface area contributed by atoms with Gasteiger partial charge in [-0.25, -0.2) is 0 Å². The van der Waals surface area contributed by atoms with Crippen LogP contribution in [0.15, 0.2) is 24.3 Å². The molecule has 0 bridgehead atoms. The first-order valence-corrected chi connectivity index (χ1v) is 7.42. The van der Waals surface area contributed by atoms with Crippen LogP contribution in [0.3, 0.4) is 0 Å². The first-order valence-electron chi connectivity index (χ1n) is 7.42. The highest BCUT2D eigenvalue weighted by Crippen LogP contribution is 2.28. The number of nitrogens with zero attached hydrogens (tertiary/aromatic N) is 1. The van der Waals surface area contributed by atoms with Crippen LogP contribution in [-0.4, -0.2) is 30.5 Å². The Balaban J connectivity index is 2.35. The number of carbonyl (C=O) groups excluding carboxylic acids is 2. The third kappa shape index (κ3) is 2.86. The van der Waals surface area contributed by atoms with Gasteiger partial charge in [-0.15, -0.1) is 0 Å². The summed E-state index contributed by atoms with van der Waals surface area (Å²) in [4.78, 5) is 26.3. The van der Waals surface area contributed by atoms with Gasteiger partial charge in [-0.3, -0.25) is 9.59 Å². The first kappa shape index (κ1) is 15.4. The Labute approximate surface area is 125 Å². The highest BCUT2D eigenvalue weighted by molar-refractivity contribution is 6.09. The average molecular weight is 290 g/mol. The second-order valence-corrected chi connectivity index (χ2v) is 5.16. The highest BCUT2D eigenvalue weighted by Gasteiger charge is 2.44. The highest BCUT2D eigenvalue weighted by atomic mass is 16.5. The largest absolute Gasteiger partial charge is 0.494 e. The van der Waals surface area contributed by atoms with Crippen molar-refractivity contribution in [1.29, 1.82) is 0 Å². The van der Waals surface area contributed by atoms with Crippen LogP contribution in [0, 0.1) is 0 Å². The molecule has 1 aromatic carbocycles. The molecule has 114 valence electrons. The molecule has 1 heterocycles. The number of hydrogen-bond donors (Lipinski definition) is 1. The Kier molecular flexibility index (Phi) is 4.50. The van der Waals surface area contributed by atoms with Crippen LogP contribution in [0.5, 0.6) is 5.75 Å². The van der Waals surface area contributed by atoms with Gasteiger partial charge < -0.3 is 15.0 Å². The maximum atomic E-state index is 12.8. The fraction of sp³-hybridized carbons (Fsp3) is 0.500. The van der Waals surface area contributed by atoms with Crippen LogP contribution in [-0.2, 0) is 9.59 Å². The zero-order valence-electron chi connectivity index (χ0n) is 12.8. The van der Waals surface area contributed by atoms with E-state index in [1.807, 2.05) is 39.0 Å². The summed E-state index contributed by atoms with van der Waals surface area (Å²) in [7, 11) is 0. The van der Waals surface area contributed by atoms with Gasteiger partial charge in [-0.05, 0) is 31.9 Å². The SMILES string of the molecule is CCOc1cccc(N2CC(=O)NC(CC)(CC)C2=O)c1. The molecule has 1 saturated heterocycles. The number of anilines is 1. The second kappa shape index (κ2) is 6.16. The first-order chi connectivity index (χ1) is 10.1. The van der Waals surface area contributed by atoms with Crippen LogP contribution in [0.1, 0.15) is 33.6 Å². The van der Waals surface area contributed by atoms with E-state index in [0.717, 1.165) is 0 Å². The van der Waals surface area contributed by atoms with Crippen molar-refractivity contribution in [2.45, 2.75) is 39.2 Å².